The van der Waals surface area contributed by atoms with Gasteiger partial charge in [-0.3, -0.25) is 9.36 Å². The second kappa shape index (κ2) is 7.98. The smallest absolute Gasteiger partial charge is 0.263 e. The molecule has 0 N–H and O–H groups in total. The predicted octanol–water partition coefficient (Wildman–Crippen LogP) is 4.89. The highest BCUT2D eigenvalue weighted by Crippen LogP contribution is 2.31. The zero-order chi connectivity index (χ0) is 21.4. The molecule has 3 heterocycles. The molecule has 0 bridgehead atoms. The van der Waals surface area contributed by atoms with Crippen LogP contribution in [0.5, 0.6) is 5.75 Å². The molecule has 0 aliphatic carbocycles. The van der Waals surface area contributed by atoms with Crippen molar-refractivity contribution in [2.24, 2.45) is 0 Å². The summed E-state index contributed by atoms with van der Waals surface area (Å²) >= 11 is 7.42. The van der Waals surface area contributed by atoms with Crippen LogP contribution in [-0.4, -0.2) is 26.8 Å². The number of benzene rings is 2. The summed E-state index contributed by atoms with van der Waals surface area (Å²) in [6.45, 7) is 0.120. The standard InChI is InChI=1S/C22H15ClN4O3S/c1-29-16-4-2-3-14(9-16)20-25-18(30-26-20)10-27-12-24-21-19(22(27)28)17(11-31-21)13-5-7-15(23)8-6-13/h2-9,11-12H,10H2,1H3. The molecule has 7 nitrogen and oxygen atoms in total. The summed E-state index contributed by atoms with van der Waals surface area (Å²) < 4.78 is 12.1. The molecule has 0 atom stereocenters. The Labute approximate surface area is 185 Å². The van der Waals surface area contributed by atoms with Gasteiger partial charge in [0.2, 0.25) is 11.7 Å². The van der Waals surface area contributed by atoms with E-state index in [-0.39, 0.29) is 12.1 Å². The van der Waals surface area contributed by atoms with Gasteiger partial charge in [-0.1, -0.05) is 41.0 Å². The fourth-order valence-electron chi connectivity index (χ4n) is 3.27. The maximum absolute atomic E-state index is 13.2. The Balaban J connectivity index is 1.49. The molecule has 0 aliphatic rings. The largest absolute Gasteiger partial charge is 0.497 e. The summed E-state index contributed by atoms with van der Waals surface area (Å²) in [5.74, 6) is 1.43. The van der Waals surface area contributed by atoms with Gasteiger partial charge in [0, 0.05) is 21.5 Å². The monoisotopic (exact) mass is 450 g/mol. The number of fused-ring (bicyclic) bond motifs is 1. The molecule has 0 saturated carbocycles. The number of ether oxygens (including phenoxy) is 1. The van der Waals surface area contributed by atoms with Crippen LogP contribution in [0.2, 0.25) is 5.02 Å². The van der Waals surface area contributed by atoms with Crippen LogP contribution in [0.3, 0.4) is 0 Å². The number of methoxy groups -OCH3 is 1. The molecule has 0 fully saturated rings. The molecule has 0 unspecified atom stereocenters. The number of hydrogen-bond acceptors (Lipinski definition) is 7. The van der Waals surface area contributed by atoms with Gasteiger partial charge in [-0.05, 0) is 29.8 Å². The van der Waals surface area contributed by atoms with Gasteiger partial charge in [0.1, 0.15) is 17.1 Å². The van der Waals surface area contributed by atoms with Crippen LogP contribution < -0.4 is 10.3 Å². The van der Waals surface area contributed by atoms with E-state index >= 15 is 0 Å². The number of nitrogens with zero attached hydrogens (tertiary/aromatic N) is 4. The Morgan fingerprint density at radius 3 is 2.81 bits per heavy atom. The first-order valence-corrected chi connectivity index (χ1v) is 10.6. The molecule has 2 aromatic carbocycles. The van der Waals surface area contributed by atoms with Gasteiger partial charge in [-0.15, -0.1) is 11.3 Å². The molecule has 0 amide bonds. The van der Waals surface area contributed by atoms with E-state index in [1.807, 2.05) is 41.8 Å². The van der Waals surface area contributed by atoms with Crippen LogP contribution in [-0.2, 0) is 6.54 Å². The summed E-state index contributed by atoms with van der Waals surface area (Å²) in [5, 5.41) is 7.15. The Morgan fingerprint density at radius 1 is 1.16 bits per heavy atom. The van der Waals surface area contributed by atoms with Crippen molar-refractivity contribution in [2.75, 3.05) is 7.11 Å². The normalized spacial score (nSPS) is 11.2. The molecular formula is C22H15ClN4O3S. The third kappa shape index (κ3) is 3.71. The maximum Gasteiger partial charge on any atom is 0.263 e. The lowest BCUT2D eigenvalue weighted by Gasteiger charge is -2.04. The Bertz CT molecular complexity index is 1440. The molecule has 0 saturated heterocycles. The number of aromatic nitrogens is 4. The van der Waals surface area contributed by atoms with Gasteiger partial charge in [0.25, 0.3) is 5.56 Å². The van der Waals surface area contributed by atoms with Gasteiger partial charge in [0.05, 0.1) is 18.8 Å². The minimum absolute atomic E-state index is 0.120. The van der Waals surface area contributed by atoms with Crippen molar-refractivity contribution >= 4 is 33.2 Å². The second-order valence-electron chi connectivity index (χ2n) is 6.76. The third-order valence-electron chi connectivity index (χ3n) is 4.82. The lowest BCUT2D eigenvalue weighted by molar-refractivity contribution is 0.369. The first kappa shape index (κ1) is 19.5. The van der Waals surface area contributed by atoms with E-state index in [0.29, 0.717) is 32.7 Å². The first-order valence-electron chi connectivity index (χ1n) is 9.32. The molecule has 3 aromatic heterocycles. The molecule has 31 heavy (non-hydrogen) atoms. The highest BCUT2D eigenvalue weighted by Gasteiger charge is 2.16. The second-order valence-corrected chi connectivity index (χ2v) is 8.05. The fourth-order valence-corrected chi connectivity index (χ4v) is 4.30. The van der Waals surface area contributed by atoms with Crippen molar-refractivity contribution in [1.29, 1.82) is 0 Å². The van der Waals surface area contributed by atoms with Gasteiger partial charge < -0.3 is 9.26 Å². The van der Waals surface area contributed by atoms with Gasteiger partial charge in [-0.25, -0.2) is 4.98 Å². The van der Waals surface area contributed by atoms with Crippen molar-refractivity contribution in [1.82, 2.24) is 19.7 Å². The van der Waals surface area contributed by atoms with Gasteiger partial charge in [0.15, 0.2) is 0 Å². The number of hydrogen-bond donors (Lipinski definition) is 0. The van der Waals surface area contributed by atoms with Crippen molar-refractivity contribution < 1.29 is 9.26 Å². The van der Waals surface area contributed by atoms with E-state index in [9.17, 15) is 4.79 Å². The van der Waals surface area contributed by atoms with Crippen molar-refractivity contribution in [3.8, 4) is 28.3 Å². The van der Waals surface area contributed by atoms with Gasteiger partial charge in [-0.2, -0.15) is 4.98 Å². The molecule has 0 spiro atoms. The minimum Gasteiger partial charge on any atom is -0.497 e. The van der Waals surface area contributed by atoms with E-state index in [0.717, 1.165) is 16.7 Å². The summed E-state index contributed by atoms with van der Waals surface area (Å²) in [6.07, 6.45) is 1.50. The Hall–Kier alpha value is -3.49. The summed E-state index contributed by atoms with van der Waals surface area (Å²) in [6, 6.07) is 14.7. The summed E-state index contributed by atoms with van der Waals surface area (Å²) in [4.78, 5) is 22.7. The van der Waals surface area contributed by atoms with Crippen LogP contribution in [0.1, 0.15) is 5.89 Å². The zero-order valence-corrected chi connectivity index (χ0v) is 17.9. The fraction of sp³-hybridized carbons (Fsp3) is 0.0909. The van der Waals surface area contributed by atoms with Crippen LogP contribution in [0.25, 0.3) is 32.7 Å². The average Bonchev–Trinajstić information content (AvgIpc) is 3.44. The van der Waals surface area contributed by atoms with E-state index in [4.69, 9.17) is 20.9 Å². The molecule has 9 heteroatoms. The lowest BCUT2D eigenvalue weighted by Crippen LogP contribution is -2.21. The van der Waals surface area contributed by atoms with Crippen molar-refractivity contribution in [2.45, 2.75) is 6.54 Å². The quantitative estimate of drug-likeness (QED) is 0.379. The number of halogens is 1. The van der Waals surface area contributed by atoms with Crippen molar-refractivity contribution in [3.63, 3.8) is 0 Å². The van der Waals surface area contributed by atoms with Crippen LogP contribution in [0, 0.1) is 0 Å². The Morgan fingerprint density at radius 2 is 2.00 bits per heavy atom. The number of thiophene rings is 1. The average molecular weight is 451 g/mol. The molecule has 5 aromatic rings. The molecule has 0 aliphatic heterocycles. The molecule has 5 rings (SSSR count). The van der Waals surface area contributed by atoms with Crippen LogP contribution in [0.15, 0.2) is 69.6 Å². The van der Waals surface area contributed by atoms with Crippen LogP contribution in [0.4, 0.5) is 0 Å². The number of rotatable bonds is 5. The van der Waals surface area contributed by atoms with Crippen LogP contribution >= 0.6 is 22.9 Å². The van der Waals surface area contributed by atoms with Gasteiger partial charge >= 0.3 is 0 Å². The highest BCUT2D eigenvalue weighted by atomic mass is 35.5. The lowest BCUT2D eigenvalue weighted by atomic mass is 10.1. The maximum atomic E-state index is 13.2. The topological polar surface area (TPSA) is 83.0 Å². The van der Waals surface area contributed by atoms with Crippen molar-refractivity contribution in [3.05, 3.63) is 81.5 Å². The van der Waals surface area contributed by atoms with E-state index in [2.05, 4.69) is 15.1 Å². The molecule has 0 radical (unpaired) electrons. The molecular weight excluding hydrogens is 436 g/mol. The minimum atomic E-state index is -0.169. The SMILES string of the molecule is COc1cccc(-c2noc(Cn3cnc4scc(-c5ccc(Cl)cc5)c4c3=O)n2)c1. The summed E-state index contributed by atoms with van der Waals surface area (Å²) in [7, 11) is 1.60. The van der Waals surface area contributed by atoms with E-state index in [1.54, 1.807) is 19.2 Å². The molecule has 154 valence electrons. The Kier molecular flexibility index (Phi) is 5.01. The zero-order valence-electron chi connectivity index (χ0n) is 16.3. The van der Waals surface area contributed by atoms with E-state index in [1.165, 1.54) is 22.2 Å². The first-order chi connectivity index (χ1) is 15.1. The third-order valence-corrected chi connectivity index (χ3v) is 5.96. The predicted molar refractivity (Wildman–Crippen MR) is 120 cm³/mol. The van der Waals surface area contributed by atoms with E-state index < -0.39 is 0 Å². The summed E-state index contributed by atoms with van der Waals surface area (Å²) in [5.41, 5.74) is 2.33. The highest BCUT2D eigenvalue weighted by molar-refractivity contribution is 7.17.